The maximum Gasteiger partial charge on any atom is 0.267 e. The number of amides is 2. The van der Waals surface area contributed by atoms with Gasteiger partial charge in [-0.25, -0.2) is 0 Å². The van der Waals surface area contributed by atoms with Gasteiger partial charge in [-0.2, -0.15) is 0 Å². The lowest BCUT2D eigenvalue weighted by Crippen LogP contribution is -2.55. The molecule has 1 atom stereocenters. The lowest BCUT2D eigenvalue weighted by atomic mass is 10.1. The van der Waals surface area contributed by atoms with Crippen molar-refractivity contribution in [3.63, 3.8) is 0 Å². The molecule has 0 radical (unpaired) electrons. The Morgan fingerprint density at radius 1 is 0.900 bits per heavy atom. The van der Waals surface area contributed by atoms with Gasteiger partial charge in [-0.15, -0.1) is 0 Å². The molecule has 2 aromatic rings. The van der Waals surface area contributed by atoms with E-state index in [1.807, 2.05) is 18.2 Å². The minimum absolute atomic E-state index is 0.103. The quantitative estimate of drug-likeness (QED) is 0.763. The van der Waals surface area contributed by atoms with E-state index in [9.17, 15) is 9.59 Å². The molecule has 0 aliphatic carbocycles. The molecule has 2 aromatic carbocycles. The number of carbonyl (C=O) groups is 2. The highest BCUT2D eigenvalue weighted by atomic mass is 16.6. The summed E-state index contributed by atoms with van der Waals surface area (Å²) in [4.78, 5) is 29.2. The molecule has 1 saturated heterocycles. The van der Waals surface area contributed by atoms with Crippen molar-refractivity contribution in [1.29, 1.82) is 0 Å². The molecule has 0 bridgehead atoms. The summed E-state index contributed by atoms with van der Waals surface area (Å²) in [5.74, 6) is 2.07. The summed E-state index contributed by atoms with van der Waals surface area (Å²) < 4.78 is 22.0. The molecular weight excluding hydrogens is 388 g/mol. The zero-order valence-electron chi connectivity index (χ0n) is 17.0. The Hall–Kier alpha value is -3.42. The lowest BCUT2D eigenvalue weighted by molar-refractivity contribution is -0.142. The smallest absolute Gasteiger partial charge is 0.267 e. The number of rotatable bonds is 4. The molecule has 158 valence electrons. The summed E-state index contributed by atoms with van der Waals surface area (Å²) in [7, 11) is 3.08. The number of fused-ring (bicyclic) bond motifs is 1. The molecule has 4 rings (SSSR count). The van der Waals surface area contributed by atoms with Gasteiger partial charge in [0.15, 0.2) is 23.0 Å². The van der Waals surface area contributed by atoms with E-state index in [0.29, 0.717) is 54.7 Å². The van der Waals surface area contributed by atoms with Crippen LogP contribution in [0.5, 0.6) is 23.0 Å². The number of benzene rings is 2. The van der Waals surface area contributed by atoms with Crippen molar-refractivity contribution in [2.45, 2.75) is 6.10 Å². The van der Waals surface area contributed by atoms with Gasteiger partial charge in [0.05, 0.1) is 14.2 Å². The number of hydrogen-bond donors (Lipinski definition) is 0. The zero-order valence-corrected chi connectivity index (χ0v) is 17.0. The normalized spacial score (nSPS) is 18.0. The molecule has 2 aliphatic rings. The van der Waals surface area contributed by atoms with Crippen LogP contribution in [0.3, 0.4) is 0 Å². The summed E-state index contributed by atoms with van der Waals surface area (Å²) in [5.41, 5.74) is 0.521. The second-order valence-corrected chi connectivity index (χ2v) is 7.05. The Balaban J connectivity index is 1.36. The first-order chi connectivity index (χ1) is 14.6. The highest BCUT2D eigenvalue weighted by molar-refractivity contribution is 5.95. The minimum atomic E-state index is -0.673. The van der Waals surface area contributed by atoms with Crippen molar-refractivity contribution in [2.24, 2.45) is 0 Å². The van der Waals surface area contributed by atoms with Gasteiger partial charge in [-0.3, -0.25) is 9.59 Å². The Labute approximate surface area is 174 Å². The molecule has 2 aliphatic heterocycles. The third-order valence-electron chi connectivity index (χ3n) is 5.29. The van der Waals surface area contributed by atoms with Gasteiger partial charge in [-0.05, 0) is 30.3 Å². The number of hydrogen-bond acceptors (Lipinski definition) is 6. The summed E-state index contributed by atoms with van der Waals surface area (Å²) in [5, 5.41) is 0. The van der Waals surface area contributed by atoms with Crippen LogP contribution in [0.25, 0.3) is 0 Å². The molecule has 2 amide bonds. The van der Waals surface area contributed by atoms with E-state index in [-0.39, 0.29) is 18.4 Å². The molecule has 8 nitrogen and oxygen atoms in total. The second kappa shape index (κ2) is 8.52. The van der Waals surface area contributed by atoms with Crippen molar-refractivity contribution >= 4 is 11.8 Å². The SMILES string of the molecule is COc1ccc(C(=O)N2CCN(C(=O)[C@H]3COc4ccccc4O3)CC2)cc1OC. The monoisotopic (exact) mass is 412 g/mol. The Morgan fingerprint density at radius 3 is 2.27 bits per heavy atom. The van der Waals surface area contributed by atoms with E-state index in [1.54, 1.807) is 41.2 Å². The number of piperazine rings is 1. The Morgan fingerprint density at radius 2 is 1.57 bits per heavy atom. The number of carbonyl (C=O) groups excluding carboxylic acids is 2. The number of ether oxygens (including phenoxy) is 4. The third-order valence-corrected chi connectivity index (χ3v) is 5.29. The molecule has 0 saturated carbocycles. The van der Waals surface area contributed by atoms with E-state index in [2.05, 4.69) is 0 Å². The number of nitrogens with zero attached hydrogens (tertiary/aromatic N) is 2. The third kappa shape index (κ3) is 3.85. The average Bonchev–Trinajstić information content (AvgIpc) is 2.82. The molecule has 0 unspecified atom stereocenters. The lowest BCUT2D eigenvalue weighted by Gasteiger charge is -2.37. The van der Waals surface area contributed by atoms with Crippen LogP contribution >= 0.6 is 0 Å². The van der Waals surface area contributed by atoms with Crippen LogP contribution in [0.2, 0.25) is 0 Å². The fourth-order valence-electron chi connectivity index (χ4n) is 3.63. The molecule has 30 heavy (non-hydrogen) atoms. The van der Waals surface area contributed by atoms with Gasteiger partial charge in [-0.1, -0.05) is 12.1 Å². The minimum Gasteiger partial charge on any atom is -0.493 e. The summed E-state index contributed by atoms with van der Waals surface area (Å²) in [6, 6.07) is 12.4. The maximum absolute atomic E-state index is 12.9. The topological polar surface area (TPSA) is 77.5 Å². The van der Waals surface area contributed by atoms with E-state index in [1.165, 1.54) is 7.11 Å². The molecule has 1 fully saturated rings. The Kier molecular flexibility index (Phi) is 5.65. The first-order valence-electron chi connectivity index (χ1n) is 9.79. The van der Waals surface area contributed by atoms with Crippen LogP contribution in [0.1, 0.15) is 10.4 Å². The van der Waals surface area contributed by atoms with Gasteiger partial charge < -0.3 is 28.7 Å². The van der Waals surface area contributed by atoms with Crippen LogP contribution in [0.4, 0.5) is 0 Å². The van der Waals surface area contributed by atoms with Crippen molar-refractivity contribution in [1.82, 2.24) is 9.80 Å². The van der Waals surface area contributed by atoms with Crippen molar-refractivity contribution < 1.29 is 28.5 Å². The van der Waals surface area contributed by atoms with Crippen LogP contribution in [-0.2, 0) is 4.79 Å². The van der Waals surface area contributed by atoms with Gasteiger partial charge in [0.25, 0.3) is 11.8 Å². The van der Waals surface area contributed by atoms with Gasteiger partial charge in [0.2, 0.25) is 6.10 Å². The van der Waals surface area contributed by atoms with Crippen LogP contribution < -0.4 is 18.9 Å². The van der Waals surface area contributed by atoms with E-state index >= 15 is 0 Å². The fourth-order valence-corrected chi connectivity index (χ4v) is 3.63. The van der Waals surface area contributed by atoms with Gasteiger partial charge in [0, 0.05) is 31.7 Å². The molecular formula is C22H24N2O6. The highest BCUT2D eigenvalue weighted by Gasteiger charge is 2.33. The highest BCUT2D eigenvalue weighted by Crippen LogP contribution is 2.31. The van der Waals surface area contributed by atoms with Gasteiger partial charge in [0.1, 0.15) is 6.61 Å². The molecule has 2 heterocycles. The molecule has 0 aromatic heterocycles. The first kappa shape index (κ1) is 19.9. The maximum atomic E-state index is 12.9. The molecule has 0 N–H and O–H groups in total. The summed E-state index contributed by atoms with van der Waals surface area (Å²) in [6.07, 6.45) is -0.673. The number of para-hydroxylation sites is 2. The standard InChI is InChI=1S/C22H24N2O6/c1-27-16-8-7-15(13-19(16)28-2)21(25)23-9-11-24(12-10-23)22(26)20-14-29-17-5-3-4-6-18(17)30-20/h3-8,13,20H,9-12,14H2,1-2H3/t20-/m1/s1. The molecule has 8 heteroatoms. The van der Waals surface area contributed by atoms with Crippen LogP contribution in [0.15, 0.2) is 42.5 Å². The van der Waals surface area contributed by atoms with E-state index in [4.69, 9.17) is 18.9 Å². The second-order valence-electron chi connectivity index (χ2n) is 7.05. The van der Waals surface area contributed by atoms with Crippen LogP contribution in [0, 0.1) is 0 Å². The first-order valence-corrected chi connectivity index (χ1v) is 9.79. The van der Waals surface area contributed by atoms with E-state index in [0.717, 1.165) is 0 Å². The van der Waals surface area contributed by atoms with Crippen molar-refractivity contribution in [3.8, 4) is 23.0 Å². The zero-order chi connectivity index (χ0) is 21.1. The fraction of sp³-hybridized carbons (Fsp3) is 0.364. The Bertz CT molecular complexity index is 939. The van der Waals surface area contributed by atoms with Crippen molar-refractivity contribution in [3.05, 3.63) is 48.0 Å². The van der Waals surface area contributed by atoms with E-state index < -0.39 is 6.10 Å². The molecule has 0 spiro atoms. The van der Waals surface area contributed by atoms with Crippen molar-refractivity contribution in [2.75, 3.05) is 47.0 Å². The predicted molar refractivity (Wildman–Crippen MR) is 108 cm³/mol. The van der Waals surface area contributed by atoms with Crippen LogP contribution in [-0.4, -0.2) is 74.7 Å². The van der Waals surface area contributed by atoms with Gasteiger partial charge >= 0.3 is 0 Å². The summed E-state index contributed by atoms with van der Waals surface area (Å²) in [6.45, 7) is 1.96. The number of methoxy groups -OCH3 is 2. The summed E-state index contributed by atoms with van der Waals surface area (Å²) >= 11 is 0. The average molecular weight is 412 g/mol. The largest absolute Gasteiger partial charge is 0.493 e. The predicted octanol–water partition coefficient (Wildman–Crippen LogP) is 1.83.